The Morgan fingerprint density at radius 1 is 1.14 bits per heavy atom. The van der Waals surface area contributed by atoms with Crippen LogP contribution in [0, 0.1) is 6.92 Å². The molecule has 22 heavy (non-hydrogen) atoms. The molecule has 1 fully saturated rings. The Bertz CT molecular complexity index is 655. The van der Waals surface area contributed by atoms with Crippen molar-refractivity contribution in [2.75, 3.05) is 11.4 Å². The van der Waals surface area contributed by atoms with Gasteiger partial charge in [-0.25, -0.2) is 0 Å². The van der Waals surface area contributed by atoms with Crippen molar-refractivity contribution in [3.63, 3.8) is 0 Å². The Hall–Kier alpha value is -2.18. The van der Waals surface area contributed by atoms with Gasteiger partial charge < -0.3 is 4.90 Å². The van der Waals surface area contributed by atoms with Crippen molar-refractivity contribution >= 4 is 5.82 Å². The summed E-state index contributed by atoms with van der Waals surface area (Å²) in [6, 6.07) is 8.18. The van der Waals surface area contributed by atoms with Crippen LogP contribution in [-0.2, 0) is 6.18 Å². The summed E-state index contributed by atoms with van der Waals surface area (Å²) in [6.45, 7) is 2.65. The van der Waals surface area contributed by atoms with Gasteiger partial charge in [0.1, 0.15) is 0 Å². The van der Waals surface area contributed by atoms with Gasteiger partial charge in [0.2, 0.25) is 0 Å². The molecule has 3 rings (SSSR count). The molecule has 1 saturated heterocycles. The maximum atomic E-state index is 12.6. The molecular weight excluding hydrogens is 293 g/mol. The predicted octanol–water partition coefficient (Wildman–Crippen LogP) is 3.54. The van der Waals surface area contributed by atoms with E-state index in [0.717, 1.165) is 36.8 Å². The van der Waals surface area contributed by atoms with Gasteiger partial charge in [0.15, 0.2) is 11.5 Å². The highest BCUT2D eigenvalue weighted by atomic mass is 19.4. The number of hydrogen-bond acceptors (Lipinski definition) is 4. The largest absolute Gasteiger partial charge is 0.435 e. The topological polar surface area (TPSA) is 41.9 Å². The molecule has 1 aliphatic rings. The molecule has 0 N–H and O–H groups in total. The maximum Gasteiger partial charge on any atom is 0.435 e. The fourth-order valence-electron chi connectivity index (χ4n) is 2.73. The third-order valence-electron chi connectivity index (χ3n) is 3.74. The van der Waals surface area contributed by atoms with Crippen LogP contribution in [0.2, 0.25) is 0 Å². The van der Waals surface area contributed by atoms with E-state index < -0.39 is 11.9 Å². The van der Waals surface area contributed by atoms with E-state index in [0.29, 0.717) is 5.82 Å². The van der Waals surface area contributed by atoms with Crippen molar-refractivity contribution in [2.24, 2.45) is 0 Å². The van der Waals surface area contributed by atoms with E-state index in [1.807, 2.05) is 30.0 Å². The number of anilines is 1. The standard InChI is InChI=1S/C15H15F3N4/c1-10-4-2-5-11(19-10)12-6-3-9-22(12)14-8-7-13(20-21-14)15(16,17)18/h2,4-5,7-8,12H,3,6,9H2,1H3. The van der Waals surface area contributed by atoms with E-state index in [1.165, 1.54) is 6.07 Å². The maximum absolute atomic E-state index is 12.6. The number of aromatic nitrogens is 3. The van der Waals surface area contributed by atoms with Crippen LogP contribution in [0.4, 0.5) is 19.0 Å². The summed E-state index contributed by atoms with van der Waals surface area (Å²) in [7, 11) is 0. The van der Waals surface area contributed by atoms with Gasteiger partial charge in [-0.15, -0.1) is 10.2 Å². The zero-order valence-electron chi connectivity index (χ0n) is 12.0. The zero-order valence-corrected chi connectivity index (χ0v) is 12.0. The van der Waals surface area contributed by atoms with Crippen molar-refractivity contribution in [1.29, 1.82) is 0 Å². The quantitative estimate of drug-likeness (QED) is 0.851. The van der Waals surface area contributed by atoms with Crippen molar-refractivity contribution in [2.45, 2.75) is 32.0 Å². The molecule has 0 saturated carbocycles. The minimum atomic E-state index is -4.46. The molecule has 1 unspecified atom stereocenters. The molecule has 0 aromatic carbocycles. The van der Waals surface area contributed by atoms with Crippen LogP contribution in [0.5, 0.6) is 0 Å². The molecule has 1 atom stereocenters. The Balaban J connectivity index is 1.87. The van der Waals surface area contributed by atoms with Crippen LogP contribution in [0.3, 0.4) is 0 Å². The Morgan fingerprint density at radius 3 is 2.59 bits per heavy atom. The molecule has 116 valence electrons. The lowest BCUT2D eigenvalue weighted by molar-refractivity contribution is -0.141. The number of rotatable bonds is 2. The van der Waals surface area contributed by atoms with E-state index in [4.69, 9.17) is 0 Å². The predicted molar refractivity (Wildman–Crippen MR) is 75.3 cm³/mol. The molecule has 0 amide bonds. The molecule has 0 radical (unpaired) electrons. The lowest BCUT2D eigenvalue weighted by atomic mass is 10.1. The third kappa shape index (κ3) is 2.88. The van der Waals surface area contributed by atoms with Crippen LogP contribution in [0.1, 0.15) is 36.0 Å². The number of pyridine rings is 1. The molecule has 2 aromatic rings. The molecule has 4 nitrogen and oxygen atoms in total. The SMILES string of the molecule is Cc1cccc(C2CCCN2c2ccc(C(F)(F)F)nn2)n1. The van der Waals surface area contributed by atoms with Crippen molar-refractivity contribution < 1.29 is 13.2 Å². The molecule has 1 aliphatic heterocycles. The Kier molecular flexibility index (Phi) is 3.72. The first-order chi connectivity index (χ1) is 10.4. The van der Waals surface area contributed by atoms with Crippen LogP contribution < -0.4 is 4.90 Å². The van der Waals surface area contributed by atoms with Gasteiger partial charge in [-0.2, -0.15) is 13.2 Å². The number of alkyl halides is 3. The second-order valence-corrected chi connectivity index (χ2v) is 5.33. The number of halogens is 3. The first kappa shape index (κ1) is 14.7. The number of hydrogen-bond donors (Lipinski definition) is 0. The zero-order chi connectivity index (χ0) is 15.7. The van der Waals surface area contributed by atoms with Crippen LogP contribution in [-0.4, -0.2) is 21.7 Å². The van der Waals surface area contributed by atoms with Gasteiger partial charge in [-0.1, -0.05) is 6.07 Å². The highest BCUT2D eigenvalue weighted by Gasteiger charge is 2.34. The third-order valence-corrected chi connectivity index (χ3v) is 3.74. The summed E-state index contributed by atoms with van der Waals surface area (Å²) < 4.78 is 37.7. The molecule has 2 aromatic heterocycles. The minimum absolute atomic E-state index is 0.0333. The number of nitrogens with zero attached hydrogens (tertiary/aromatic N) is 4. The van der Waals surface area contributed by atoms with E-state index in [2.05, 4.69) is 15.2 Å². The fraction of sp³-hybridized carbons (Fsp3) is 0.400. The summed E-state index contributed by atoms with van der Waals surface area (Å²) in [5, 5.41) is 7.06. The van der Waals surface area contributed by atoms with Crippen molar-refractivity contribution in [3.05, 3.63) is 47.4 Å². The molecular formula is C15H15F3N4. The molecule has 0 aliphatic carbocycles. The van der Waals surface area contributed by atoms with Crippen LogP contribution in [0.15, 0.2) is 30.3 Å². The summed E-state index contributed by atoms with van der Waals surface area (Å²) in [5.74, 6) is 0.457. The molecule has 3 heterocycles. The van der Waals surface area contributed by atoms with E-state index >= 15 is 0 Å². The molecule has 7 heteroatoms. The highest BCUT2D eigenvalue weighted by molar-refractivity contribution is 5.42. The summed E-state index contributed by atoms with van der Waals surface area (Å²) in [6.07, 6.45) is -2.61. The molecule has 0 spiro atoms. The fourth-order valence-corrected chi connectivity index (χ4v) is 2.73. The first-order valence-corrected chi connectivity index (χ1v) is 7.06. The minimum Gasteiger partial charge on any atom is -0.347 e. The summed E-state index contributed by atoms with van der Waals surface area (Å²) in [4.78, 5) is 6.49. The first-order valence-electron chi connectivity index (χ1n) is 7.06. The monoisotopic (exact) mass is 308 g/mol. The average molecular weight is 308 g/mol. The van der Waals surface area contributed by atoms with Crippen molar-refractivity contribution in [1.82, 2.24) is 15.2 Å². The van der Waals surface area contributed by atoms with Gasteiger partial charge in [-0.3, -0.25) is 4.98 Å². The van der Waals surface area contributed by atoms with Gasteiger partial charge in [0.05, 0.1) is 11.7 Å². The van der Waals surface area contributed by atoms with Gasteiger partial charge in [0.25, 0.3) is 0 Å². The normalized spacial score (nSPS) is 18.7. The van der Waals surface area contributed by atoms with E-state index in [1.54, 1.807) is 0 Å². The Morgan fingerprint density at radius 2 is 1.95 bits per heavy atom. The van der Waals surface area contributed by atoms with Gasteiger partial charge in [0, 0.05) is 12.2 Å². The van der Waals surface area contributed by atoms with Gasteiger partial charge in [-0.05, 0) is 44.0 Å². The lowest BCUT2D eigenvalue weighted by Gasteiger charge is -2.25. The smallest absolute Gasteiger partial charge is 0.347 e. The van der Waals surface area contributed by atoms with Crippen molar-refractivity contribution in [3.8, 4) is 0 Å². The van der Waals surface area contributed by atoms with Gasteiger partial charge >= 0.3 is 6.18 Å². The average Bonchev–Trinajstić information content (AvgIpc) is 2.96. The van der Waals surface area contributed by atoms with Crippen LogP contribution >= 0.6 is 0 Å². The Labute approximate surface area is 126 Å². The summed E-state index contributed by atoms with van der Waals surface area (Å²) in [5.41, 5.74) is 0.864. The highest BCUT2D eigenvalue weighted by Crippen LogP contribution is 2.35. The second kappa shape index (κ2) is 5.55. The van der Waals surface area contributed by atoms with E-state index in [-0.39, 0.29) is 6.04 Å². The summed E-state index contributed by atoms with van der Waals surface area (Å²) >= 11 is 0. The second-order valence-electron chi connectivity index (χ2n) is 5.33. The molecule has 0 bridgehead atoms. The lowest BCUT2D eigenvalue weighted by Crippen LogP contribution is -2.25. The van der Waals surface area contributed by atoms with Crippen LogP contribution in [0.25, 0.3) is 0 Å². The van der Waals surface area contributed by atoms with E-state index in [9.17, 15) is 13.2 Å². The number of aryl methyl sites for hydroxylation is 1.